The molecule has 0 amide bonds. The highest BCUT2D eigenvalue weighted by atomic mass is 35.5. The first-order chi connectivity index (χ1) is 13.8. The van der Waals surface area contributed by atoms with Crippen molar-refractivity contribution in [2.75, 3.05) is 23.8 Å². The number of aliphatic hydroxyl groups excluding tert-OH is 1. The van der Waals surface area contributed by atoms with Crippen LogP contribution in [0, 0.1) is 0 Å². The van der Waals surface area contributed by atoms with Crippen molar-refractivity contribution in [3.05, 3.63) is 53.8 Å². The molecular weight excluding hydrogens is 411 g/mol. The number of halogens is 4. The van der Waals surface area contributed by atoms with Crippen LogP contribution >= 0.6 is 11.6 Å². The van der Waals surface area contributed by atoms with Crippen molar-refractivity contribution in [3.63, 3.8) is 0 Å². The van der Waals surface area contributed by atoms with Gasteiger partial charge >= 0.3 is 6.36 Å². The van der Waals surface area contributed by atoms with Gasteiger partial charge < -0.3 is 20.5 Å². The molecule has 3 rings (SSSR count). The minimum absolute atomic E-state index is 0.109. The van der Waals surface area contributed by atoms with E-state index in [4.69, 9.17) is 16.7 Å². The van der Waals surface area contributed by atoms with Gasteiger partial charge in [-0.1, -0.05) is 11.6 Å². The number of ether oxygens (including phenoxy) is 1. The van der Waals surface area contributed by atoms with Crippen molar-refractivity contribution in [3.8, 4) is 17.0 Å². The van der Waals surface area contributed by atoms with E-state index in [-0.39, 0.29) is 24.1 Å². The molecule has 11 heteroatoms. The van der Waals surface area contributed by atoms with E-state index in [1.54, 1.807) is 30.6 Å². The second-order valence-corrected chi connectivity index (χ2v) is 6.07. The zero-order valence-corrected chi connectivity index (χ0v) is 15.5. The van der Waals surface area contributed by atoms with Crippen LogP contribution in [0.1, 0.15) is 0 Å². The Kier molecular flexibility index (Phi) is 6.35. The van der Waals surface area contributed by atoms with Crippen LogP contribution in [0.3, 0.4) is 0 Å². The van der Waals surface area contributed by atoms with Crippen molar-refractivity contribution < 1.29 is 23.0 Å². The Balaban J connectivity index is 1.88. The summed E-state index contributed by atoms with van der Waals surface area (Å²) in [5.41, 5.74) is 1.76. The lowest BCUT2D eigenvalue weighted by molar-refractivity contribution is -0.274. The van der Waals surface area contributed by atoms with E-state index < -0.39 is 12.1 Å². The highest BCUT2D eigenvalue weighted by molar-refractivity contribution is 6.32. The topological polar surface area (TPSA) is 92.2 Å². The number of aromatic nitrogens is 3. The van der Waals surface area contributed by atoms with Gasteiger partial charge in [0, 0.05) is 36.3 Å². The molecule has 1 aromatic carbocycles. The zero-order chi connectivity index (χ0) is 20.9. The van der Waals surface area contributed by atoms with E-state index in [2.05, 4.69) is 30.3 Å². The minimum atomic E-state index is -4.84. The van der Waals surface area contributed by atoms with Gasteiger partial charge in [-0.05, 0) is 30.3 Å². The third-order valence-electron chi connectivity index (χ3n) is 3.53. The minimum Gasteiger partial charge on any atom is -0.404 e. The smallest absolute Gasteiger partial charge is 0.404 e. The van der Waals surface area contributed by atoms with Crippen LogP contribution in [-0.2, 0) is 0 Å². The van der Waals surface area contributed by atoms with E-state index in [9.17, 15) is 13.2 Å². The maximum absolute atomic E-state index is 12.4. The van der Waals surface area contributed by atoms with Crippen LogP contribution in [0.25, 0.3) is 11.3 Å². The van der Waals surface area contributed by atoms with Crippen molar-refractivity contribution in [1.82, 2.24) is 15.0 Å². The fourth-order valence-electron chi connectivity index (χ4n) is 2.36. The van der Waals surface area contributed by atoms with Gasteiger partial charge in [0.2, 0.25) is 5.95 Å². The van der Waals surface area contributed by atoms with Gasteiger partial charge in [-0.25, -0.2) is 4.98 Å². The monoisotopic (exact) mass is 425 g/mol. The predicted octanol–water partition coefficient (Wildman–Crippen LogP) is 4.24. The summed E-state index contributed by atoms with van der Waals surface area (Å²) < 4.78 is 41.0. The summed E-state index contributed by atoms with van der Waals surface area (Å²) in [5.74, 6) is 0.127. The van der Waals surface area contributed by atoms with Crippen LogP contribution in [-0.4, -0.2) is 39.6 Å². The largest absolute Gasteiger partial charge is 0.573 e. The average Bonchev–Trinajstić information content (AvgIpc) is 2.68. The Labute approximate surface area is 168 Å². The lowest BCUT2D eigenvalue weighted by Gasteiger charge is -2.13. The number of hydrogen-bond acceptors (Lipinski definition) is 7. The quantitative estimate of drug-likeness (QED) is 0.521. The normalized spacial score (nSPS) is 11.2. The standard InChI is InChI=1S/C18H15ClF3N5O2/c19-13-9-12(1-2-15(13)29-18(20,21)22)25-16-10-14(11-3-5-23-6-4-11)26-17(27-16)24-7-8-28/h1-6,9-10,28H,7-8H2,(H2,24,25,26,27). The van der Waals surface area contributed by atoms with E-state index in [1.165, 1.54) is 12.1 Å². The molecule has 0 bridgehead atoms. The molecule has 0 spiro atoms. The maximum Gasteiger partial charge on any atom is 0.573 e. The SMILES string of the molecule is OCCNc1nc(Nc2ccc(OC(F)(F)F)c(Cl)c2)cc(-c2ccncc2)n1. The summed E-state index contributed by atoms with van der Waals surface area (Å²) in [5, 5.41) is 14.6. The molecule has 0 aliphatic carbocycles. The Hall–Kier alpha value is -3.11. The van der Waals surface area contributed by atoms with E-state index in [0.29, 0.717) is 17.2 Å². The molecule has 3 N–H and O–H groups in total. The van der Waals surface area contributed by atoms with Crippen molar-refractivity contribution in [1.29, 1.82) is 0 Å². The second-order valence-electron chi connectivity index (χ2n) is 5.67. The molecule has 0 fully saturated rings. The fraction of sp³-hybridized carbons (Fsp3) is 0.167. The Bertz CT molecular complexity index is 973. The highest BCUT2D eigenvalue weighted by Gasteiger charge is 2.32. The lowest BCUT2D eigenvalue weighted by Crippen LogP contribution is -2.17. The first-order valence-electron chi connectivity index (χ1n) is 8.30. The Morgan fingerprint density at radius 1 is 1.07 bits per heavy atom. The molecule has 7 nitrogen and oxygen atoms in total. The van der Waals surface area contributed by atoms with Crippen molar-refractivity contribution >= 4 is 29.1 Å². The van der Waals surface area contributed by atoms with Crippen LogP contribution in [0.2, 0.25) is 5.02 Å². The number of alkyl halides is 3. The molecule has 0 radical (unpaired) electrons. The average molecular weight is 426 g/mol. The molecule has 2 aromatic heterocycles. The first-order valence-corrected chi connectivity index (χ1v) is 8.68. The molecule has 0 aliphatic heterocycles. The second kappa shape index (κ2) is 8.93. The predicted molar refractivity (Wildman–Crippen MR) is 102 cm³/mol. The summed E-state index contributed by atoms with van der Waals surface area (Å²) in [6.45, 7) is 0.135. The molecular formula is C18H15ClF3N5O2. The van der Waals surface area contributed by atoms with Gasteiger partial charge in [-0.15, -0.1) is 13.2 Å². The van der Waals surface area contributed by atoms with Crippen LogP contribution in [0.15, 0.2) is 48.8 Å². The summed E-state index contributed by atoms with van der Waals surface area (Å²) >= 11 is 5.88. The van der Waals surface area contributed by atoms with Gasteiger partial charge in [-0.3, -0.25) is 4.98 Å². The Morgan fingerprint density at radius 2 is 1.83 bits per heavy atom. The van der Waals surface area contributed by atoms with Crippen molar-refractivity contribution in [2.24, 2.45) is 0 Å². The van der Waals surface area contributed by atoms with E-state index >= 15 is 0 Å². The summed E-state index contributed by atoms with van der Waals surface area (Å²) in [4.78, 5) is 12.6. The number of nitrogens with zero attached hydrogens (tertiary/aromatic N) is 3. The van der Waals surface area contributed by atoms with Gasteiger partial charge in [0.25, 0.3) is 0 Å². The summed E-state index contributed by atoms with van der Waals surface area (Å²) in [6.07, 6.45) is -1.60. The van der Waals surface area contributed by atoms with E-state index in [1.807, 2.05) is 0 Å². The molecule has 152 valence electrons. The Morgan fingerprint density at radius 3 is 2.48 bits per heavy atom. The molecule has 0 saturated carbocycles. The third-order valence-corrected chi connectivity index (χ3v) is 3.82. The number of aliphatic hydroxyl groups is 1. The molecule has 0 saturated heterocycles. The van der Waals surface area contributed by atoms with Crippen molar-refractivity contribution in [2.45, 2.75) is 6.36 Å². The van der Waals surface area contributed by atoms with Crippen LogP contribution in [0.4, 0.5) is 30.6 Å². The van der Waals surface area contributed by atoms with Gasteiger partial charge in [0.15, 0.2) is 0 Å². The number of rotatable bonds is 7. The number of pyridine rings is 1. The van der Waals surface area contributed by atoms with Crippen LogP contribution < -0.4 is 15.4 Å². The van der Waals surface area contributed by atoms with Gasteiger partial charge in [0.05, 0.1) is 17.3 Å². The van der Waals surface area contributed by atoms with Gasteiger partial charge in [-0.2, -0.15) is 4.98 Å². The molecule has 2 heterocycles. The van der Waals surface area contributed by atoms with E-state index in [0.717, 1.165) is 11.6 Å². The van der Waals surface area contributed by atoms with Gasteiger partial charge in [0.1, 0.15) is 11.6 Å². The molecule has 0 atom stereocenters. The summed E-state index contributed by atoms with van der Waals surface area (Å²) in [7, 11) is 0. The molecule has 3 aromatic rings. The maximum atomic E-state index is 12.4. The first kappa shape index (κ1) is 20.6. The number of hydrogen-bond donors (Lipinski definition) is 3. The molecule has 29 heavy (non-hydrogen) atoms. The highest BCUT2D eigenvalue weighted by Crippen LogP contribution is 2.33. The van der Waals surface area contributed by atoms with Crippen LogP contribution in [0.5, 0.6) is 5.75 Å². The lowest BCUT2D eigenvalue weighted by atomic mass is 10.2. The number of anilines is 3. The number of benzene rings is 1. The summed E-state index contributed by atoms with van der Waals surface area (Å²) in [6, 6.07) is 8.96. The fourth-order valence-corrected chi connectivity index (χ4v) is 2.58. The zero-order valence-electron chi connectivity index (χ0n) is 14.7. The molecule has 0 aliphatic rings. The molecule has 0 unspecified atom stereocenters. The third kappa shape index (κ3) is 5.93. The number of nitrogens with one attached hydrogen (secondary N) is 2.